The van der Waals surface area contributed by atoms with Crippen LogP contribution in [-0.2, 0) is 25.9 Å². The van der Waals surface area contributed by atoms with Crippen LogP contribution in [0.2, 0.25) is 0 Å². The van der Waals surface area contributed by atoms with Crippen LogP contribution >= 0.6 is 0 Å². The second kappa shape index (κ2) is 9.94. The number of carbonyl (C=O) groups is 3. The number of ether oxygens (including phenoxy) is 1. The average Bonchev–Trinajstić information content (AvgIpc) is 3.78. The summed E-state index contributed by atoms with van der Waals surface area (Å²) in [5.74, 6) is -5.37. The molecule has 0 spiro atoms. The molecule has 214 valence electrons. The summed E-state index contributed by atoms with van der Waals surface area (Å²) in [6, 6.07) is 10.0. The summed E-state index contributed by atoms with van der Waals surface area (Å²) in [6.45, 7) is 4.89. The van der Waals surface area contributed by atoms with Crippen molar-refractivity contribution in [2.24, 2.45) is 5.92 Å². The summed E-state index contributed by atoms with van der Waals surface area (Å²) in [5.41, 5.74) is 1.03. The number of Topliss-reactive ketones (excluding diaryl/α,β-unsaturated/α-hetero) is 1. The average molecular weight is 575 g/mol. The highest BCUT2D eigenvalue weighted by molar-refractivity contribution is 7.91. The zero-order valence-electron chi connectivity index (χ0n) is 22.6. The molecule has 2 aliphatic carbocycles. The number of hydrogen-bond donors (Lipinski definition) is 1. The van der Waals surface area contributed by atoms with Gasteiger partial charge in [0, 0.05) is 24.3 Å². The first kappa shape index (κ1) is 28.2. The van der Waals surface area contributed by atoms with Crippen molar-refractivity contribution in [1.82, 2.24) is 5.32 Å². The molecular weight excluding hydrogens is 542 g/mol. The first-order chi connectivity index (χ1) is 18.6. The number of anilines is 1. The topological polar surface area (TPSA) is 110 Å². The molecule has 2 aromatic carbocycles. The molecule has 11 heteroatoms. The van der Waals surface area contributed by atoms with Crippen molar-refractivity contribution >= 4 is 33.3 Å². The molecule has 8 nitrogen and oxygen atoms in total. The Bertz CT molecular complexity index is 1460. The standard InChI is InChI=1S/C29H32F2N2O6S/c1-28(2,3)39-27(36)32-22-16-40(37,38)25-11-10-20(24(34)13-21-14-29(21,30)31)12-23(25)33(26(22)35)15-17-4-6-18(7-5-17)19-8-9-19/h4-7,10-12,19,21-22H,8-9,13-16H2,1-3H3,(H,32,36)/t21-,22+/m1/s1. The molecule has 5 rings (SSSR count). The normalized spacial score (nSPS) is 23.1. The third-order valence-corrected chi connectivity index (χ3v) is 9.09. The van der Waals surface area contributed by atoms with E-state index in [1.54, 1.807) is 20.8 Å². The van der Waals surface area contributed by atoms with Crippen LogP contribution in [0.5, 0.6) is 0 Å². The van der Waals surface area contributed by atoms with E-state index in [2.05, 4.69) is 5.32 Å². The molecule has 2 fully saturated rings. The number of sulfone groups is 1. The minimum atomic E-state index is -4.12. The molecule has 0 aromatic heterocycles. The van der Waals surface area contributed by atoms with Gasteiger partial charge in [0.25, 0.3) is 11.8 Å². The monoisotopic (exact) mass is 574 g/mol. The van der Waals surface area contributed by atoms with Crippen molar-refractivity contribution in [3.8, 4) is 0 Å². The lowest BCUT2D eigenvalue weighted by Gasteiger charge is -2.27. The van der Waals surface area contributed by atoms with Crippen LogP contribution in [0.25, 0.3) is 0 Å². The minimum absolute atomic E-state index is 0.0295. The Hall–Kier alpha value is -3.34. The lowest BCUT2D eigenvalue weighted by molar-refractivity contribution is -0.120. The predicted octanol–water partition coefficient (Wildman–Crippen LogP) is 5.01. The number of amides is 2. The molecule has 0 radical (unpaired) electrons. The number of nitrogens with one attached hydrogen (secondary N) is 1. The number of halogens is 2. The fraction of sp³-hybridized carbons (Fsp3) is 0.483. The number of alkyl halides is 2. The van der Waals surface area contributed by atoms with Gasteiger partial charge < -0.3 is 15.0 Å². The zero-order chi connectivity index (χ0) is 29.0. The molecule has 1 N–H and O–H groups in total. The number of carbonyl (C=O) groups excluding carboxylic acids is 3. The third-order valence-electron chi connectivity index (χ3n) is 7.30. The Balaban J connectivity index is 1.50. The number of alkyl carbamates (subject to hydrolysis) is 1. The first-order valence-electron chi connectivity index (χ1n) is 13.3. The molecule has 2 aromatic rings. The Morgan fingerprint density at radius 3 is 2.33 bits per heavy atom. The van der Waals surface area contributed by atoms with E-state index in [1.165, 1.54) is 28.7 Å². The van der Waals surface area contributed by atoms with Crippen molar-refractivity contribution in [2.45, 2.75) is 81.4 Å². The Morgan fingerprint density at radius 1 is 1.10 bits per heavy atom. The maximum atomic E-state index is 13.8. The molecular formula is C29H32F2N2O6S. The summed E-state index contributed by atoms with van der Waals surface area (Å²) in [6.07, 6.45) is 0.560. The van der Waals surface area contributed by atoms with Crippen molar-refractivity contribution in [3.63, 3.8) is 0 Å². The van der Waals surface area contributed by atoms with E-state index in [0.717, 1.165) is 12.8 Å². The third kappa shape index (κ3) is 6.19. The number of benzene rings is 2. The molecule has 0 bridgehead atoms. The van der Waals surface area contributed by atoms with Gasteiger partial charge in [0.15, 0.2) is 15.6 Å². The molecule has 3 aliphatic rings. The quantitative estimate of drug-likeness (QED) is 0.466. The summed E-state index contributed by atoms with van der Waals surface area (Å²) in [5, 5.41) is 2.40. The van der Waals surface area contributed by atoms with Gasteiger partial charge in [-0.2, -0.15) is 0 Å². The van der Waals surface area contributed by atoms with Gasteiger partial charge in [-0.25, -0.2) is 22.0 Å². The lowest BCUT2D eigenvalue weighted by atomic mass is 10.0. The Kier molecular flexibility index (Phi) is 7.00. The number of ketones is 1. The predicted molar refractivity (Wildman–Crippen MR) is 143 cm³/mol. The second-order valence-electron chi connectivity index (χ2n) is 11.9. The summed E-state index contributed by atoms with van der Waals surface area (Å²) in [4.78, 5) is 40.3. The van der Waals surface area contributed by atoms with Crippen LogP contribution in [0, 0.1) is 5.92 Å². The summed E-state index contributed by atoms with van der Waals surface area (Å²) >= 11 is 0. The van der Waals surface area contributed by atoms with Crippen LogP contribution in [0.15, 0.2) is 47.4 Å². The van der Waals surface area contributed by atoms with Crippen LogP contribution in [0.4, 0.5) is 19.3 Å². The fourth-order valence-electron chi connectivity index (χ4n) is 4.90. The van der Waals surface area contributed by atoms with Gasteiger partial charge in [-0.3, -0.25) is 9.59 Å². The van der Waals surface area contributed by atoms with Crippen LogP contribution < -0.4 is 10.2 Å². The summed E-state index contributed by atoms with van der Waals surface area (Å²) < 4.78 is 59.1. The number of hydrogen-bond acceptors (Lipinski definition) is 6. The molecule has 1 aliphatic heterocycles. The van der Waals surface area contributed by atoms with E-state index in [0.29, 0.717) is 11.5 Å². The molecule has 2 saturated carbocycles. The molecule has 2 amide bonds. The van der Waals surface area contributed by atoms with E-state index in [1.807, 2.05) is 24.3 Å². The molecule has 40 heavy (non-hydrogen) atoms. The summed E-state index contributed by atoms with van der Waals surface area (Å²) in [7, 11) is -4.12. The molecule has 2 atom stereocenters. The van der Waals surface area contributed by atoms with Gasteiger partial charge in [-0.05, 0) is 68.9 Å². The van der Waals surface area contributed by atoms with Gasteiger partial charge in [-0.15, -0.1) is 0 Å². The van der Waals surface area contributed by atoms with Crippen LogP contribution in [-0.4, -0.2) is 49.5 Å². The fourth-order valence-corrected chi connectivity index (χ4v) is 6.50. The van der Waals surface area contributed by atoms with Gasteiger partial charge in [0.1, 0.15) is 11.6 Å². The van der Waals surface area contributed by atoms with Crippen LogP contribution in [0.3, 0.4) is 0 Å². The molecule has 0 unspecified atom stereocenters. The van der Waals surface area contributed by atoms with Crippen molar-refractivity contribution in [3.05, 3.63) is 59.2 Å². The number of rotatable bonds is 7. The van der Waals surface area contributed by atoms with E-state index in [9.17, 15) is 31.6 Å². The highest BCUT2D eigenvalue weighted by Crippen LogP contribution is 2.51. The van der Waals surface area contributed by atoms with Gasteiger partial charge in [0.05, 0.1) is 22.9 Å². The Labute approximate surface area is 232 Å². The highest BCUT2D eigenvalue weighted by atomic mass is 32.2. The van der Waals surface area contributed by atoms with E-state index in [4.69, 9.17) is 4.74 Å². The largest absolute Gasteiger partial charge is 0.444 e. The van der Waals surface area contributed by atoms with Gasteiger partial charge >= 0.3 is 6.09 Å². The lowest BCUT2D eigenvalue weighted by Crippen LogP contribution is -2.51. The first-order valence-corrected chi connectivity index (χ1v) is 15.0. The van der Waals surface area contributed by atoms with Crippen LogP contribution in [0.1, 0.15) is 73.9 Å². The highest BCUT2D eigenvalue weighted by Gasteiger charge is 2.57. The number of nitrogens with zero attached hydrogens (tertiary/aromatic N) is 1. The van der Waals surface area contributed by atoms with E-state index < -0.39 is 56.9 Å². The molecule has 1 heterocycles. The van der Waals surface area contributed by atoms with Crippen molar-refractivity contribution in [1.29, 1.82) is 0 Å². The number of fused-ring (bicyclic) bond motifs is 1. The smallest absolute Gasteiger partial charge is 0.408 e. The maximum absolute atomic E-state index is 13.8. The minimum Gasteiger partial charge on any atom is -0.444 e. The van der Waals surface area contributed by atoms with Crippen molar-refractivity contribution < 1.29 is 36.3 Å². The van der Waals surface area contributed by atoms with E-state index >= 15 is 0 Å². The maximum Gasteiger partial charge on any atom is 0.408 e. The molecule has 0 saturated heterocycles. The SMILES string of the molecule is CC(C)(C)OC(=O)N[C@H]1CS(=O)(=O)c2ccc(C(=O)C[C@@H]3CC3(F)F)cc2N(Cc2ccc(C3CC3)cc2)C1=O. The second-order valence-corrected chi connectivity index (χ2v) is 13.9. The van der Waals surface area contributed by atoms with Gasteiger partial charge in [-0.1, -0.05) is 24.3 Å². The zero-order valence-corrected chi connectivity index (χ0v) is 23.4. The van der Waals surface area contributed by atoms with E-state index in [-0.39, 0.29) is 35.5 Å². The van der Waals surface area contributed by atoms with Gasteiger partial charge in [0.2, 0.25) is 0 Å². The Morgan fingerprint density at radius 2 is 1.75 bits per heavy atom. The van der Waals surface area contributed by atoms with Crippen molar-refractivity contribution in [2.75, 3.05) is 10.7 Å².